The van der Waals surface area contributed by atoms with E-state index < -0.39 is 0 Å². The van der Waals surface area contributed by atoms with Crippen molar-refractivity contribution in [2.75, 3.05) is 13.7 Å². The average Bonchev–Trinajstić information content (AvgIpc) is 3.28. The van der Waals surface area contributed by atoms with E-state index in [-0.39, 0.29) is 17.5 Å². The van der Waals surface area contributed by atoms with Gasteiger partial charge in [-0.2, -0.15) is 0 Å². The molecule has 2 heterocycles. The Balaban J connectivity index is 1.76. The number of aromatic amines is 1. The Kier molecular flexibility index (Phi) is 7.73. The normalized spacial score (nSPS) is 12.7. The highest BCUT2D eigenvalue weighted by atomic mass is 16.5. The summed E-state index contributed by atoms with van der Waals surface area (Å²) in [5, 5.41) is 13.6. The van der Waals surface area contributed by atoms with Crippen molar-refractivity contribution in [2.24, 2.45) is 5.92 Å². The number of aromatic nitrogens is 5. The summed E-state index contributed by atoms with van der Waals surface area (Å²) in [6.45, 7) is 10.7. The fourth-order valence-electron chi connectivity index (χ4n) is 4.57. The van der Waals surface area contributed by atoms with Crippen LogP contribution in [0.4, 0.5) is 0 Å². The molecule has 1 N–H and O–H groups in total. The Bertz CT molecular complexity index is 1330. The first-order valence-corrected chi connectivity index (χ1v) is 12.0. The van der Waals surface area contributed by atoms with Gasteiger partial charge >= 0.3 is 0 Å². The van der Waals surface area contributed by atoms with Crippen molar-refractivity contribution >= 4 is 10.9 Å². The van der Waals surface area contributed by atoms with E-state index >= 15 is 0 Å². The quantitative estimate of drug-likeness (QED) is 0.371. The van der Waals surface area contributed by atoms with Crippen LogP contribution in [0.1, 0.15) is 48.0 Å². The summed E-state index contributed by atoms with van der Waals surface area (Å²) in [6.07, 6.45) is 0. The standard InChI is InChI=1S/C27H34N6O2/c1-18(2)25(26-29-30-31-33(26)11-12-35-5)32(16-21-9-7-6-8-10-21)17-23-15-22-13-19(3)20(4)14-24(22)28-27(23)34/h6-10,13-15,18,25H,11-12,16-17H2,1-5H3,(H,28,34)/t25-/m0/s1. The minimum Gasteiger partial charge on any atom is -0.383 e. The van der Waals surface area contributed by atoms with Crippen molar-refractivity contribution in [3.8, 4) is 0 Å². The lowest BCUT2D eigenvalue weighted by Gasteiger charge is -2.33. The smallest absolute Gasteiger partial charge is 0.252 e. The zero-order valence-corrected chi connectivity index (χ0v) is 21.2. The number of ether oxygens (including phenoxy) is 1. The van der Waals surface area contributed by atoms with Gasteiger partial charge in [0, 0.05) is 31.3 Å². The molecule has 0 saturated heterocycles. The highest BCUT2D eigenvalue weighted by Gasteiger charge is 2.30. The first-order chi connectivity index (χ1) is 16.9. The van der Waals surface area contributed by atoms with E-state index in [9.17, 15) is 4.79 Å². The molecule has 0 aliphatic heterocycles. The van der Waals surface area contributed by atoms with Crippen LogP contribution in [0.25, 0.3) is 10.9 Å². The number of hydrogen-bond acceptors (Lipinski definition) is 6. The zero-order chi connectivity index (χ0) is 24.9. The number of benzene rings is 2. The van der Waals surface area contributed by atoms with Gasteiger partial charge in [-0.15, -0.1) is 5.10 Å². The molecule has 0 aliphatic rings. The Hall–Kier alpha value is -3.36. The monoisotopic (exact) mass is 474 g/mol. The summed E-state index contributed by atoms with van der Waals surface area (Å²) in [6, 6.07) is 16.4. The lowest BCUT2D eigenvalue weighted by molar-refractivity contribution is 0.121. The van der Waals surface area contributed by atoms with E-state index in [1.165, 1.54) is 5.56 Å². The van der Waals surface area contributed by atoms with Crippen LogP contribution < -0.4 is 5.56 Å². The van der Waals surface area contributed by atoms with Crippen molar-refractivity contribution in [1.29, 1.82) is 0 Å². The predicted octanol–water partition coefficient (Wildman–Crippen LogP) is 4.18. The lowest BCUT2D eigenvalue weighted by Crippen LogP contribution is -2.35. The van der Waals surface area contributed by atoms with Gasteiger partial charge in [-0.1, -0.05) is 44.2 Å². The fraction of sp³-hybridized carbons (Fsp3) is 0.407. The van der Waals surface area contributed by atoms with E-state index in [2.05, 4.69) is 71.3 Å². The van der Waals surface area contributed by atoms with Crippen molar-refractivity contribution < 1.29 is 4.74 Å². The number of nitrogens with zero attached hydrogens (tertiary/aromatic N) is 5. The summed E-state index contributed by atoms with van der Waals surface area (Å²) in [7, 11) is 1.67. The van der Waals surface area contributed by atoms with Gasteiger partial charge in [0.15, 0.2) is 5.82 Å². The molecule has 35 heavy (non-hydrogen) atoms. The van der Waals surface area contributed by atoms with Crippen LogP contribution in [0, 0.1) is 19.8 Å². The van der Waals surface area contributed by atoms with Crippen LogP contribution in [-0.4, -0.2) is 43.8 Å². The molecule has 0 fully saturated rings. The number of tetrazole rings is 1. The molecule has 0 spiro atoms. The first-order valence-electron chi connectivity index (χ1n) is 12.0. The van der Waals surface area contributed by atoms with Gasteiger partial charge < -0.3 is 9.72 Å². The van der Waals surface area contributed by atoms with E-state index in [1.807, 2.05) is 35.0 Å². The molecule has 0 radical (unpaired) electrons. The molecule has 0 aliphatic carbocycles. The highest BCUT2D eigenvalue weighted by molar-refractivity contribution is 5.80. The molecule has 0 bridgehead atoms. The number of methoxy groups -OCH3 is 1. The summed E-state index contributed by atoms with van der Waals surface area (Å²) in [5.74, 6) is 0.979. The molecule has 0 saturated carbocycles. The number of hydrogen-bond donors (Lipinski definition) is 1. The number of H-pyrrole nitrogens is 1. The summed E-state index contributed by atoms with van der Waals surface area (Å²) in [5.41, 5.74) is 5.04. The number of aryl methyl sites for hydroxylation is 2. The SMILES string of the molecule is COCCn1nnnc1[C@H](C(C)C)N(Cc1ccccc1)Cc1cc2cc(C)c(C)cc2[nH]c1=O. The van der Waals surface area contributed by atoms with Gasteiger partial charge in [-0.25, -0.2) is 4.68 Å². The van der Waals surface area contributed by atoms with Crippen LogP contribution in [-0.2, 0) is 24.4 Å². The van der Waals surface area contributed by atoms with Crippen LogP contribution in [0.5, 0.6) is 0 Å². The Morgan fingerprint density at radius 2 is 1.80 bits per heavy atom. The molecule has 8 heteroatoms. The van der Waals surface area contributed by atoms with Crippen LogP contribution in [0.3, 0.4) is 0 Å². The largest absolute Gasteiger partial charge is 0.383 e. The minimum absolute atomic E-state index is 0.0692. The molecule has 4 aromatic rings. The summed E-state index contributed by atoms with van der Waals surface area (Å²) in [4.78, 5) is 18.6. The van der Waals surface area contributed by atoms with Gasteiger partial charge in [-0.05, 0) is 70.5 Å². The van der Waals surface area contributed by atoms with Crippen molar-refractivity contribution in [3.05, 3.63) is 87.0 Å². The van der Waals surface area contributed by atoms with E-state index in [1.54, 1.807) is 7.11 Å². The van der Waals surface area contributed by atoms with Crippen molar-refractivity contribution in [1.82, 2.24) is 30.1 Å². The number of pyridine rings is 1. The topological polar surface area (TPSA) is 88.9 Å². The molecule has 184 valence electrons. The zero-order valence-electron chi connectivity index (χ0n) is 21.2. The Labute approximate surface area is 205 Å². The second-order valence-corrected chi connectivity index (χ2v) is 9.48. The number of rotatable bonds is 10. The maximum Gasteiger partial charge on any atom is 0.252 e. The van der Waals surface area contributed by atoms with Gasteiger partial charge in [-0.3, -0.25) is 9.69 Å². The Morgan fingerprint density at radius 3 is 2.51 bits per heavy atom. The van der Waals surface area contributed by atoms with E-state index in [0.717, 1.165) is 33.4 Å². The molecule has 0 amide bonds. The van der Waals surface area contributed by atoms with Gasteiger partial charge in [0.25, 0.3) is 5.56 Å². The average molecular weight is 475 g/mol. The predicted molar refractivity (Wildman–Crippen MR) is 137 cm³/mol. The third-order valence-corrected chi connectivity index (χ3v) is 6.49. The van der Waals surface area contributed by atoms with Gasteiger partial charge in [0.1, 0.15) is 0 Å². The number of fused-ring (bicyclic) bond motifs is 1. The first kappa shape index (κ1) is 24.8. The summed E-state index contributed by atoms with van der Waals surface area (Å²) < 4.78 is 7.07. The van der Waals surface area contributed by atoms with E-state index in [4.69, 9.17) is 4.74 Å². The third-order valence-electron chi connectivity index (χ3n) is 6.49. The third kappa shape index (κ3) is 5.66. The maximum absolute atomic E-state index is 13.2. The maximum atomic E-state index is 13.2. The molecule has 2 aromatic heterocycles. The van der Waals surface area contributed by atoms with Crippen LogP contribution >= 0.6 is 0 Å². The molecular formula is C27H34N6O2. The Morgan fingerprint density at radius 1 is 1.06 bits per heavy atom. The van der Waals surface area contributed by atoms with E-state index in [0.29, 0.717) is 26.2 Å². The van der Waals surface area contributed by atoms with Gasteiger partial charge in [0.05, 0.1) is 19.2 Å². The molecule has 4 rings (SSSR count). The van der Waals surface area contributed by atoms with Crippen molar-refractivity contribution in [2.45, 2.75) is 53.4 Å². The van der Waals surface area contributed by atoms with Crippen LogP contribution in [0.2, 0.25) is 0 Å². The minimum atomic E-state index is -0.100. The molecule has 8 nitrogen and oxygen atoms in total. The number of nitrogens with one attached hydrogen (secondary N) is 1. The highest BCUT2D eigenvalue weighted by Crippen LogP contribution is 2.30. The van der Waals surface area contributed by atoms with Gasteiger partial charge in [0.2, 0.25) is 0 Å². The molecule has 2 aromatic carbocycles. The lowest BCUT2D eigenvalue weighted by atomic mass is 9.99. The second kappa shape index (κ2) is 10.9. The van der Waals surface area contributed by atoms with Crippen LogP contribution in [0.15, 0.2) is 53.3 Å². The van der Waals surface area contributed by atoms with Crippen molar-refractivity contribution in [3.63, 3.8) is 0 Å². The molecule has 1 atom stereocenters. The second-order valence-electron chi connectivity index (χ2n) is 9.48. The molecule has 0 unspecified atom stereocenters. The summed E-state index contributed by atoms with van der Waals surface area (Å²) >= 11 is 0. The fourth-order valence-corrected chi connectivity index (χ4v) is 4.57. The molecular weight excluding hydrogens is 440 g/mol.